The highest BCUT2D eigenvalue weighted by Crippen LogP contribution is 2.22. The quantitative estimate of drug-likeness (QED) is 0.144. The van der Waals surface area contributed by atoms with Gasteiger partial charge in [-0.25, -0.2) is 23.1 Å². The molecule has 1 aliphatic heterocycles. The summed E-state index contributed by atoms with van der Waals surface area (Å²) in [6.07, 6.45) is 3.60. The zero-order valence-electron chi connectivity index (χ0n) is 26.5. The van der Waals surface area contributed by atoms with Crippen molar-refractivity contribution >= 4 is 34.0 Å². The SMILES string of the molecule is CCOC(=O)C(CCc1ccccc1)N[C@@H](CCCCN)C(=O)N1CCC[C@H]1C(=O)OC(=O)OCc1ccccc1.CS(N)(=O)=O. The summed E-state index contributed by atoms with van der Waals surface area (Å²) in [7, 11) is -3.17. The Morgan fingerprint density at radius 1 is 0.935 bits per heavy atom. The molecule has 1 fully saturated rings. The molecule has 13 nitrogen and oxygen atoms in total. The van der Waals surface area contributed by atoms with Crippen molar-refractivity contribution in [1.29, 1.82) is 0 Å². The summed E-state index contributed by atoms with van der Waals surface area (Å²) in [4.78, 5) is 53.2. The standard InChI is InChI=1S/C31H41N3O7.CH5NO2S/c1-2-39-29(36)26(19-18-23-12-5-3-6-13-23)33-25(16-9-10-20-32)28(35)34-21-11-17-27(34)30(37)41-31(38)40-22-24-14-7-4-8-15-24;1-5(2,3)4/h3-8,12-15,25-27,33H,2,9-11,16-22,32H2,1H3;1H3,(H2,2,3,4)/t25-,26?,27-;/m0./s1. The molecular formula is C32H46N4O9S. The molecule has 0 saturated carbocycles. The van der Waals surface area contributed by atoms with E-state index in [1.165, 1.54) is 4.90 Å². The van der Waals surface area contributed by atoms with Gasteiger partial charge in [-0.3, -0.25) is 14.9 Å². The van der Waals surface area contributed by atoms with Crippen LogP contribution in [0.25, 0.3) is 0 Å². The van der Waals surface area contributed by atoms with Crippen molar-refractivity contribution in [2.45, 2.75) is 76.6 Å². The van der Waals surface area contributed by atoms with E-state index in [0.717, 1.165) is 17.4 Å². The second kappa shape index (κ2) is 20.3. The molecule has 1 saturated heterocycles. The summed E-state index contributed by atoms with van der Waals surface area (Å²) in [6.45, 7) is 2.72. The van der Waals surface area contributed by atoms with Gasteiger partial charge in [0.2, 0.25) is 15.9 Å². The van der Waals surface area contributed by atoms with Gasteiger partial charge in [0.1, 0.15) is 18.7 Å². The topological polar surface area (TPSA) is 197 Å². The van der Waals surface area contributed by atoms with Gasteiger partial charge in [0.15, 0.2) is 0 Å². The zero-order valence-corrected chi connectivity index (χ0v) is 27.3. The van der Waals surface area contributed by atoms with Crippen LogP contribution in [0.1, 0.15) is 56.6 Å². The molecule has 0 spiro atoms. The smallest absolute Gasteiger partial charge is 0.465 e. The number of carbonyl (C=O) groups excluding carboxylic acids is 4. The molecule has 1 aliphatic rings. The van der Waals surface area contributed by atoms with Crippen molar-refractivity contribution in [1.82, 2.24) is 10.2 Å². The first-order valence-corrected chi connectivity index (χ1v) is 17.3. The fourth-order valence-electron chi connectivity index (χ4n) is 4.85. The third-order valence-electron chi connectivity index (χ3n) is 6.97. The number of amides is 1. The summed E-state index contributed by atoms with van der Waals surface area (Å²) in [5.74, 6) is -1.59. The van der Waals surface area contributed by atoms with E-state index >= 15 is 0 Å². The molecule has 3 rings (SSSR count). The number of carbonyl (C=O) groups is 4. The van der Waals surface area contributed by atoms with E-state index < -0.39 is 46.2 Å². The van der Waals surface area contributed by atoms with Gasteiger partial charge in [0.25, 0.3) is 0 Å². The van der Waals surface area contributed by atoms with Crippen molar-refractivity contribution in [2.24, 2.45) is 10.9 Å². The molecule has 3 atom stereocenters. The van der Waals surface area contributed by atoms with Crippen LogP contribution in [0.4, 0.5) is 4.79 Å². The lowest BCUT2D eigenvalue weighted by Gasteiger charge is -2.30. The lowest BCUT2D eigenvalue weighted by atomic mass is 10.0. The molecular weight excluding hydrogens is 616 g/mol. The van der Waals surface area contributed by atoms with E-state index in [2.05, 4.69) is 10.5 Å². The van der Waals surface area contributed by atoms with E-state index in [-0.39, 0.29) is 19.1 Å². The molecule has 1 unspecified atom stereocenters. The average molecular weight is 663 g/mol. The average Bonchev–Trinajstić information content (AvgIpc) is 3.52. The van der Waals surface area contributed by atoms with Crippen molar-refractivity contribution in [2.75, 3.05) is 26.0 Å². The number of aryl methyl sites for hydroxylation is 1. The minimum absolute atomic E-state index is 0.0361. The zero-order chi connectivity index (χ0) is 34.0. The minimum atomic E-state index is -3.17. The molecule has 1 heterocycles. The largest absolute Gasteiger partial charge is 0.516 e. The van der Waals surface area contributed by atoms with Gasteiger partial charge in [-0.15, -0.1) is 0 Å². The molecule has 254 valence electrons. The third kappa shape index (κ3) is 15.0. The number of sulfonamides is 1. The normalized spacial score (nSPS) is 15.6. The number of nitrogens with one attached hydrogen (secondary N) is 1. The molecule has 46 heavy (non-hydrogen) atoms. The summed E-state index contributed by atoms with van der Waals surface area (Å²) >= 11 is 0. The van der Waals surface area contributed by atoms with E-state index in [4.69, 9.17) is 19.9 Å². The van der Waals surface area contributed by atoms with Gasteiger partial charge in [0, 0.05) is 6.54 Å². The highest BCUT2D eigenvalue weighted by molar-refractivity contribution is 7.88. The van der Waals surface area contributed by atoms with Crippen LogP contribution in [-0.4, -0.2) is 81.4 Å². The second-order valence-corrected chi connectivity index (χ2v) is 12.5. The fourth-order valence-corrected chi connectivity index (χ4v) is 4.85. The van der Waals surface area contributed by atoms with Crippen molar-refractivity contribution < 1.29 is 41.8 Å². The molecule has 1 amide bonds. The number of nitrogens with two attached hydrogens (primary N) is 2. The van der Waals surface area contributed by atoms with Gasteiger partial charge < -0.3 is 24.8 Å². The maximum absolute atomic E-state index is 13.8. The lowest BCUT2D eigenvalue weighted by molar-refractivity contribution is -0.152. The fraction of sp³-hybridized carbons (Fsp3) is 0.500. The summed E-state index contributed by atoms with van der Waals surface area (Å²) in [6, 6.07) is 16.4. The Balaban J connectivity index is 0.00000136. The van der Waals surface area contributed by atoms with E-state index in [1.54, 1.807) is 19.1 Å². The highest BCUT2D eigenvalue weighted by Gasteiger charge is 2.40. The van der Waals surface area contributed by atoms with E-state index in [0.29, 0.717) is 58.0 Å². The van der Waals surface area contributed by atoms with Crippen LogP contribution in [0.5, 0.6) is 0 Å². The molecule has 0 aliphatic carbocycles. The number of esters is 2. The van der Waals surface area contributed by atoms with Crippen molar-refractivity contribution in [3.8, 4) is 0 Å². The Kier molecular flexibility index (Phi) is 16.9. The molecule has 0 aromatic heterocycles. The van der Waals surface area contributed by atoms with Crippen molar-refractivity contribution in [3.05, 3.63) is 71.8 Å². The summed E-state index contributed by atoms with van der Waals surface area (Å²) in [5.41, 5.74) is 7.51. The van der Waals surface area contributed by atoms with Gasteiger partial charge in [-0.05, 0) is 63.1 Å². The maximum atomic E-state index is 13.8. The van der Waals surface area contributed by atoms with Gasteiger partial charge in [0.05, 0.1) is 18.9 Å². The molecule has 0 bridgehead atoms. The molecule has 5 N–H and O–H groups in total. The molecule has 14 heteroatoms. The Morgan fingerprint density at radius 3 is 2.13 bits per heavy atom. The van der Waals surface area contributed by atoms with Crippen LogP contribution < -0.4 is 16.2 Å². The van der Waals surface area contributed by atoms with Crippen LogP contribution in [0.3, 0.4) is 0 Å². The molecule has 2 aromatic rings. The first-order valence-electron chi connectivity index (χ1n) is 15.3. The predicted octanol–water partition coefficient (Wildman–Crippen LogP) is 2.41. The van der Waals surface area contributed by atoms with Gasteiger partial charge in [-0.2, -0.15) is 0 Å². The monoisotopic (exact) mass is 662 g/mol. The van der Waals surface area contributed by atoms with E-state index in [1.807, 2.05) is 48.5 Å². The Morgan fingerprint density at radius 2 is 1.54 bits per heavy atom. The number of hydrogen-bond donors (Lipinski definition) is 3. The minimum Gasteiger partial charge on any atom is -0.465 e. The highest BCUT2D eigenvalue weighted by atomic mass is 32.2. The number of benzene rings is 2. The molecule has 0 radical (unpaired) electrons. The number of nitrogens with zero attached hydrogens (tertiary/aromatic N) is 1. The van der Waals surface area contributed by atoms with E-state index in [9.17, 15) is 27.6 Å². The molecule has 2 aromatic carbocycles. The van der Waals surface area contributed by atoms with Gasteiger partial charge in [-0.1, -0.05) is 67.1 Å². The number of hydrogen-bond acceptors (Lipinski definition) is 11. The Hall–Kier alpha value is -3.85. The number of likely N-dealkylation sites (tertiary alicyclic amines) is 1. The van der Waals surface area contributed by atoms with Gasteiger partial charge >= 0.3 is 18.1 Å². The number of rotatable bonds is 15. The van der Waals surface area contributed by atoms with Crippen molar-refractivity contribution in [3.63, 3.8) is 0 Å². The maximum Gasteiger partial charge on any atom is 0.516 e. The van der Waals surface area contributed by atoms with Crippen LogP contribution in [0, 0.1) is 0 Å². The van der Waals surface area contributed by atoms with Crippen LogP contribution in [0.15, 0.2) is 60.7 Å². The first kappa shape index (κ1) is 38.3. The second-order valence-electron chi connectivity index (χ2n) is 10.8. The summed E-state index contributed by atoms with van der Waals surface area (Å²) < 4.78 is 34.1. The Bertz CT molecular complexity index is 1340. The van der Waals surface area contributed by atoms with Crippen LogP contribution in [0.2, 0.25) is 0 Å². The number of unbranched alkanes of at least 4 members (excludes halogenated alkanes) is 1. The third-order valence-corrected chi connectivity index (χ3v) is 6.97. The Labute approximate surface area is 271 Å². The first-order chi connectivity index (χ1) is 21.9. The van der Waals surface area contributed by atoms with Crippen LogP contribution in [-0.2, 0) is 51.6 Å². The van der Waals surface area contributed by atoms with Crippen LogP contribution >= 0.6 is 0 Å². The lowest BCUT2D eigenvalue weighted by Crippen LogP contribution is -2.54. The predicted molar refractivity (Wildman–Crippen MR) is 171 cm³/mol. The summed E-state index contributed by atoms with van der Waals surface area (Å²) in [5, 5.41) is 7.56. The number of ether oxygens (including phenoxy) is 3. The number of primary sulfonamides is 1.